The van der Waals surface area contributed by atoms with Gasteiger partial charge >= 0.3 is 6.03 Å². The normalized spacial score (nSPS) is 16.6. The first-order chi connectivity index (χ1) is 11.5. The van der Waals surface area contributed by atoms with Crippen molar-refractivity contribution in [2.45, 2.75) is 12.2 Å². The summed E-state index contributed by atoms with van der Waals surface area (Å²) >= 11 is 13.5. The number of anilines is 2. The standard InChI is InChI=1S/C17H15Cl2N3OS/c1-11-10-20-17(24-11)22(15-4-2-3-13(19)9-15)16(23)21-14-7-5-12(18)6-8-14/h2-9,11H,10H2,1H3,(H,21,23)/t11-/m0/s1. The highest BCUT2D eigenvalue weighted by molar-refractivity contribution is 8.15. The molecule has 0 fully saturated rings. The van der Waals surface area contributed by atoms with Crippen molar-refractivity contribution >= 4 is 57.5 Å². The lowest BCUT2D eigenvalue weighted by Gasteiger charge is -2.23. The number of nitrogens with zero attached hydrogens (tertiary/aromatic N) is 2. The third kappa shape index (κ3) is 4.04. The van der Waals surface area contributed by atoms with Crippen LogP contribution in [0.3, 0.4) is 0 Å². The minimum absolute atomic E-state index is 0.292. The number of hydrogen-bond acceptors (Lipinski definition) is 3. The highest BCUT2D eigenvalue weighted by Crippen LogP contribution is 2.29. The number of urea groups is 1. The van der Waals surface area contributed by atoms with Crippen LogP contribution in [0.4, 0.5) is 16.2 Å². The summed E-state index contributed by atoms with van der Waals surface area (Å²) in [4.78, 5) is 18.9. The van der Waals surface area contributed by atoms with E-state index in [1.165, 1.54) is 0 Å². The van der Waals surface area contributed by atoms with Gasteiger partial charge in [0.1, 0.15) is 0 Å². The van der Waals surface area contributed by atoms with Gasteiger partial charge in [0, 0.05) is 21.0 Å². The van der Waals surface area contributed by atoms with E-state index in [1.807, 2.05) is 12.1 Å². The van der Waals surface area contributed by atoms with Crippen LogP contribution in [0, 0.1) is 0 Å². The molecule has 2 aromatic rings. The van der Waals surface area contributed by atoms with Crippen molar-refractivity contribution in [1.29, 1.82) is 0 Å². The minimum atomic E-state index is -0.292. The van der Waals surface area contributed by atoms with E-state index in [9.17, 15) is 4.79 Å². The highest BCUT2D eigenvalue weighted by atomic mass is 35.5. The van der Waals surface area contributed by atoms with Gasteiger partial charge in [-0.15, -0.1) is 0 Å². The zero-order valence-corrected chi connectivity index (χ0v) is 15.2. The number of nitrogens with one attached hydrogen (secondary N) is 1. The molecule has 2 aromatic carbocycles. The van der Waals surface area contributed by atoms with Crippen LogP contribution in [0.25, 0.3) is 0 Å². The second-order valence-corrected chi connectivity index (χ2v) is 7.58. The van der Waals surface area contributed by atoms with Crippen LogP contribution in [-0.4, -0.2) is 23.0 Å². The number of amidine groups is 1. The molecule has 124 valence electrons. The number of hydrogen-bond donors (Lipinski definition) is 1. The molecule has 1 heterocycles. The number of carbonyl (C=O) groups is 1. The van der Waals surface area contributed by atoms with E-state index in [4.69, 9.17) is 23.2 Å². The van der Waals surface area contributed by atoms with Crippen LogP contribution in [0.2, 0.25) is 10.0 Å². The number of carbonyl (C=O) groups excluding carboxylic acids is 1. The molecule has 4 nitrogen and oxygen atoms in total. The smallest absolute Gasteiger partial charge is 0.307 e. The maximum Gasteiger partial charge on any atom is 0.332 e. The zero-order chi connectivity index (χ0) is 17.1. The fourth-order valence-electron chi connectivity index (χ4n) is 2.23. The second-order valence-electron chi connectivity index (χ2n) is 5.30. The van der Waals surface area contributed by atoms with Crippen LogP contribution in [-0.2, 0) is 0 Å². The average Bonchev–Trinajstić information content (AvgIpc) is 2.96. The Balaban J connectivity index is 1.89. The highest BCUT2D eigenvalue weighted by Gasteiger charge is 2.27. The molecule has 0 bridgehead atoms. The molecule has 7 heteroatoms. The van der Waals surface area contributed by atoms with Crippen LogP contribution in [0.5, 0.6) is 0 Å². The van der Waals surface area contributed by atoms with E-state index in [1.54, 1.807) is 53.1 Å². The molecule has 0 saturated carbocycles. The van der Waals surface area contributed by atoms with Gasteiger partial charge in [0.05, 0.1) is 12.2 Å². The van der Waals surface area contributed by atoms with Crippen molar-refractivity contribution in [3.8, 4) is 0 Å². The molecule has 0 saturated heterocycles. The summed E-state index contributed by atoms with van der Waals surface area (Å²) in [5, 5.41) is 5.05. The lowest BCUT2D eigenvalue weighted by molar-refractivity contribution is 0.259. The van der Waals surface area contributed by atoms with Gasteiger partial charge in [-0.25, -0.2) is 9.69 Å². The fraction of sp³-hybridized carbons (Fsp3) is 0.176. The summed E-state index contributed by atoms with van der Waals surface area (Å²) < 4.78 is 0. The van der Waals surface area contributed by atoms with Gasteiger partial charge < -0.3 is 5.32 Å². The van der Waals surface area contributed by atoms with Gasteiger partial charge in [-0.05, 0) is 42.5 Å². The van der Waals surface area contributed by atoms with Crippen LogP contribution in [0.15, 0.2) is 53.5 Å². The van der Waals surface area contributed by atoms with Gasteiger partial charge in [0.25, 0.3) is 0 Å². The molecule has 24 heavy (non-hydrogen) atoms. The van der Waals surface area contributed by atoms with Gasteiger partial charge in [-0.3, -0.25) is 4.99 Å². The maximum absolute atomic E-state index is 12.8. The fourth-order valence-corrected chi connectivity index (χ4v) is 3.49. The average molecular weight is 380 g/mol. The number of thioether (sulfide) groups is 1. The summed E-state index contributed by atoms with van der Waals surface area (Å²) in [5.74, 6) is 0. The minimum Gasteiger partial charge on any atom is -0.307 e. The third-order valence-corrected chi connectivity index (χ3v) is 4.91. The summed E-state index contributed by atoms with van der Waals surface area (Å²) in [5.41, 5.74) is 1.34. The monoisotopic (exact) mass is 379 g/mol. The molecular weight excluding hydrogens is 365 g/mol. The molecule has 1 atom stereocenters. The number of benzene rings is 2. The zero-order valence-electron chi connectivity index (χ0n) is 12.9. The summed E-state index contributed by atoms with van der Waals surface area (Å²) in [7, 11) is 0. The van der Waals surface area contributed by atoms with E-state index in [2.05, 4.69) is 17.2 Å². The number of aliphatic imine (C=N–C) groups is 1. The predicted octanol–water partition coefficient (Wildman–Crippen LogP) is 5.52. The molecule has 0 spiro atoms. The van der Waals surface area contributed by atoms with Crippen LogP contribution in [0.1, 0.15) is 6.92 Å². The van der Waals surface area contributed by atoms with Crippen molar-refractivity contribution in [2.75, 3.05) is 16.8 Å². The van der Waals surface area contributed by atoms with Crippen molar-refractivity contribution < 1.29 is 4.79 Å². The first-order valence-electron chi connectivity index (χ1n) is 7.36. The summed E-state index contributed by atoms with van der Waals surface area (Å²) in [6, 6.07) is 13.8. The molecule has 0 unspecified atom stereocenters. The lowest BCUT2D eigenvalue weighted by atomic mass is 10.3. The lowest BCUT2D eigenvalue weighted by Crippen LogP contribution is -2.38. The first-order valence-corrected chi connectivity index (χ1v) is 9.00. The Hall–Kier alpha value is -1.69. The Kier molecular flexibility index (Phi) is 5.33. The molecule has 2 amide bonds. The quantitative estimate of drug-likeness (QED) is 0.745. The van der Waals surface area contributed by atoms with E-state index >= 15 is 0 Å². The largest absolute Gasteiger partial charge is 0.332 e. The Morgan fingerprint density at radius 1 is 1.21 bits per heavy atom. The van der Waals surface area contributed by atoms with Crippen molar-refractivity contribution in [2.24, 2.45) is 4.99 Å². The van der Waals surface area contributed by atoms with Crippen molar-refractivity contribution in [3.63, 3.8) is 0 Å². The second kappa shape index (κ2) is 7.47. The van der Waals surface area contributed by atoms with Gasteiger partial charge in [0.15, 0.2) is 5.17 Å². The molecule has 0 aromatic heterocycles. The summed E-state index contributed by atoms with van der Waals surface area (Å²) in [6.45, 7) is 2.76. The topological polar surface area (TPSA) is 44.7 Å². The molecule has 3 rings (SSSR count). The predicted molar refractivity (Wildman–Crippen MR) is 104 cm³/mol. The van der Waals surface area contributed by atoms with Gasteiger partial charge in [-0.1, -0.05) is 48.0 Å². The number of amides is 2. The van der Waals surface area contributed by atoms with Crippen LogP contribution < -0.4 is 10.2 Å². The Morgan fingerprint density at radius 3 is 2.58 bits per heavy atom. The van der Waals surface area contributed by atoms with E-state index < -0.39 is 0 Å². The van der Waals surface area contributed by atoms with Crippen molar-refractivity contribution in [1.82, 2.24) is 0 Å². The summed E-state index contributed by atoms with van der Waals surface area (Å²) in [6.07, 6.45) is 0. The first kappa shape index (κ1) is 17.1. The van der Waals surface area contributed by atoms with E-state index in [0.717, 1.165) is 0 Å². The van der Waals surface area contributed by atoms with Crippen molar-refractivity contribution in [3.05, 3.63) is 58.6 Å². The SMILES string of the molecule is C[C@H]1CN=C(N(C(=O)Nc2ccc(Cl)cc2)c2cccc(Cl)c2)S1. The molecule has 1 aliphatic rings. The molecule has 1 aliphatic heterocycles. The Bertz CT molecular complexity index is 780. The molecule has 0 aliphatic carbocycles. The number of halogens is 2. The maximum atomic E-state index is 12.8. The van der Waals surface area contributed by atoms with E-state index in [-0.39, 0.29) is 6.03 Å². The number of rotatable bonds is 2. The molecular formula is C17H15Cl2N3OS. The van der Waals surface area contributed by atoms with Gasteiger partial charge in [-0.2, -0.15) is 0 Å². The molecule has 0 radical (unpaired) electrons. The third-order valence-electron chi connectivity index (χ3n) is 3.35. The van der Waals surface area contributed by atoms with E-state index in [0.29, 0.717) is 38.4 Å². The van der Waals surface area contributed by atoms with Crippen LogP contribution >= 0.6 is 35.0 Å². The Morgan fingerprint density at radius 2 is 1.96 bits per heavy atom. The van der Waals surface area contributed by atoms with Gasteiger partial charge in [0.2, 0.25) is 0 Å². The Labute approximate surface area is 154 Å². The molecule has 1 N–H and O–H groups in total.